The SMILES string of the molecule is COC(=O)[C@H]1CCCN1C(=O)C1CN1Cc1ccc2c(c1)OCO2. The van der Waals surface area contributed by atoms with Crippen molar-refractivity contribution >= 4 is 11.9 Å². The molecule has 0 aromatic heterocycles. The zero-order valence-corrected chi connectivity index (χ0v) is 13.6. The van der Waals surface area contributed by atoms with Gasteiger partial charge in [0, 0.05) is 19.6 Å². The molecule has 24 heavy (non-hydrogen) atoms. The molecule has 3 heterocycles. The van der Waals surface area contributed by atoms with E-state index in [1.165, 1.54) is 7.11 Å². The topological polar surface area (TPSA) is 68.1 Å². The van der Waals surface area contributed by atoms with Crippen molar-refractivity contribution in [3.8, 4) is 11.5 Å². The van der Waals surface area contributed by atoms with Crippen LogP contribution in [0.2, 0.25) is 0 Å². The van der Waals surface area contributed by atoms with Gasteiger partial charge in [-0.2, -0.15) is 0 Å². The molecule has 3 aliphatic heterocycles. The van der Waals surface area contributed by atoms with E-state index in [0.29, 0.717) is 19.5 Å². The van der Waals surface area contributed by atoms with Crippen LogP contribution in [0, 0.1) is 0 Å². The molecular weight excluding hydrogens is 312 g/mol. The quantitative estimate of drug-likeness (QED) is 0.599. The lowest BCUT2D eigenvalue weighted by atomic mass is 10.2. The number of carbonyl (C=O) groups excluding carboxylic acids is 2. The van der Waals surface area contributed by atoms with Crippen molar-refractivity contribution in [3.05, 3.63) is 23.8 Å². The van der Waals surface area contributed by atoms with Crippen LogP contribution in [0.25, 0.3) is 0 Å². The number of methoxy groups -OCH3 is 1. The first-order chi connectivity index (χ1) is 11.7. The second kappa shape index (κ2) is 5.98. The third-order valence-corrected chi connectivity index (χ3v) is 4.83. The third-order valence-electron chi connectivity index (χ3n) is 4.83. The average Bonchev–Trinajstić information content (AvgIpc) is 3.02. The lowest BCUT2D eigenvalue weighted by molar-refractivity contribution is -0.151. The highest BCUT2D eigenvalue weighted by Gasteiger charge is 2.46. The maximum absolute atomic E-state index is 12.7. The minimum atomic E-state index is -0.421. The van der Waals surface area contributed by atoms with Gasteiger partial charge in [0.15, 0.2) is 11.5 Å². The summed E-state index contributed by atoms with van der Waals surface area (Å²) in [6.07, 6.45) is 1.54. The number of ether oxygens (including phenoxy) is 3. The summed E-state index contributed by atoms with van der Waals surface area (Å²) < 4.78 is 15.5. The van der Waals surface area contributed by atoms with Gasteiger partial charge < -0.3 is 19.1 Å². The Morgan fingerprint density at radius 1 is 1.25 bits per heavy atom. The summed E-state index contributed by atoms with van der Waals surface area (Å²) in [5, 5.41) is 0. The molecule has 1 amide bonds. The number of nitrogens with zero attached hydrogens (tertiary/aromatic N) is 2. The number of hydrogen-bond donors (Lipinski definition) is 0. The normalized spacial score (nSPS) is 27.2. The lowest BCUT2D eigenvalue weighted by Crippen LogP contribution is -2.43. The van der Waals surface area contributed by atoms with Gasteiger partial charge in [-0.25, -0.2) is 4.79 Å². The van der Waals surface area contributed by atoms with E-state index < -0.39 is 6.04 Å². The largest absolute Gasteiger partial charge is 0.467 e. The van der Waals surface area contributed by atoms with Crippen LogP contribution >= 0.6 is 0 Å². The Hall–Kier alpha value is -2.28. The Kier molecular flexibility index (Phi) is 3.80. The number of fused-ring (bicyclic) bond motifs is 1. The highest BCUT2D eigenvalue weighted by molar-refractivity contribution is 5.90. The summed E-state index contributed by atoms with van der Waals surface area (Å²) in [7, 11) is 1.37. The second-order valence-corrected chi connectivity index (χ2v) is 6.35. The summed E-state index contributed by atoms with van der Waals surface area (Å²) in [5.41, 5.74) is 1.08. The van der Waals surface area contributed by atoms with Crippen LogP contribution in [0.1, 0.15) is 18.4 Å². The van der Waals surface area contributed by atoms with E-state index in [2.05, 4.69) is 4.90 Å². The molecule has 1 aromatic rings. The van der Waals surface area contributed by atoms with Crippen LogP contribution in [0.3, 0.4) is 0 Å². The van der Waals surface area contributed by atoms with Gasteiger partial charge >= 0.3 is 5.97 Å². The smallest absolute Gasteiger partial charge is 0.328 e. The highest BCUT2D eigenvalue weighted by Crippen LogP contribution is 2.34. The molecule has 0 saturated carbocycles. The van der Waals surface area contributed by atoms with Crippen LogP contribution < -0.4 is 9.47 Å². The van der Waals surface area contributed by atoms with E-state index >= 15 is 0 Å². The number of rotatable bonds is 4. The predicted molar refractivity (Wildman–Crippen MR) is 83.5 cm³/mol. The summed E-state index contributed by atoms with van der Waals surface area (Å²) in [6, 6.07) is 5.28. The van der Waals surface area contributed by atoms with Gasteiger partial charge in [0.1, 0.15) is 12.1 Å². The maximum Gasteiger partial charge on any atom is 0.328 e. The summed E-state index contributed by atoms with van der Waals surface area (Å²) >= 11 is 0. The molecule has 0 radical (unpaired) electrons. The Bertz CT molecular complexity index is 677. The van der Waals surface area contributed by atoms with Crippen molar-refractivity contribution in [3.63, 3.8) is 0 Å². The van der Waals surface area contributed by atoms with E-state index in [4.69, 9.17) is 14.2 Å². The minimum absolute atomic E-state index is 0.0312. The molecule has 0 bridgehead atoms. The Morgan fingerprint density at radius 3 is 2.92 bits per heavy atom. The van der Waals surface area contributed by atoms with Crippen LogP contribution in [-0.2, 0) is 20.9 Å². The molecule has 4 rings (SSSR count). The molecule has 3 aliphatic rings. The average molecular weight is 332 g/mol. The number of likely N-dealkylation sites (tertiary alicyclic amines) is 1. The molecule has 2 fully saturated rings. The fourth-order valence-electron chi connectivity index (χ4n) is 3.46. The monoisotopic (exact) mass is 332 g/mol. The van der Waals surface area contributed by atoms with Crippen molar-refractivity contribution in [1.82, 2.24) is 9.80 Å². The summed E-state index contributed by atoms with van der Waals surface area (Å²) in [6.45, 7) is 2.29. The predicted octanol–water partition coefficient (Wildman–Crippen LogP) is 0.763. The number of benzene rings is 1. The van der Waals surface area contributed by atoms with Crippen LogP contribution in [-0.4, -0.2) is 60.8 Å². The molecule has 0 aliphatic carbocycles. The summed E-state index contributed by atoms with van der Waals surface area (Å²) in [4.78, 5) is 28.2. The molecular formula is C17H20N2O5. The van der Waals surface area contributed by atoms with Crippen LogP contribution in [0.4, 0.5) is 0 Å². The Labute approximate surface area is 140 Å². The zero-order chi connectivity index (χ0) is 16.7. The third kappa shape index (κ3) is 2.69. The molecule has 1 aromatic carbocycles. The van der Waals surface area contributed by atoms with Gasteiger partial charge in [0.2, 0.25) is 12.7 Å². The Morgan fingerprint density at radius 2 is 2.08 bits per heavy atom. The van der Waals surface area contributed by atoms with E-state index in [1.54, 1.807) is 4.90 Å². The molecule has 7 heteroatoms. The highest BCUT2D eigenvalue weighted by atomic mass is 16.7. The molecule has 0 N–H and O–H groups in total. The number of hydrogen-bond acceptors (Lipinski definition) is 6. The number of esters is 1. The maximum atomic E-state index is 12.7. The molecule has 2 saturated heterocycles. The van der Waals surface area contributed by atoms with Crippen molar-refractivity contribution in [1.29, 1.82) is 0 Å². The first kappa shape index (κ1) is 15.3. The molecule has 0 spiro atoms. The van der Waals surface area contributed by atoms with Gasteiger partial charge in [0.25, 0.3) is 0 Å². The van der Waals surface area contributed by atoms with E-state index in [0.717, 1.165) is 30.0 Å². The Balaban J connectivity index is 1.37. The standard InChI is InChI=1S/C17H20N2O5/c1-22-17(21)12-3-2-6-19(12)16(20)13-9-18(13)8-11-4-5-14-15(7-11)24-10-23-14/h4-5,7,12-13H,2-3,6,8-10H2,1H3/t12-,13?,18?/m1/s1. The van der Waals surface area contributed by atoms with Gasteiger partial charge in [-0.3, -0.25) is 9.69 Å². The molecule has 128 valence electrons. The lowest BCUT2D eigenvalue weighted by Gasteiger charge is -2.22. The number of carbonyl (C=O) groups is 2. The van der Waals surface area contributed by atoms with Crippen molar-refractivity contribution in [2.45, 2.75) is 31.5 Å². The van der Waals surface area contributed by atoms with Gasteiger partial charge in [0.05, 0.1) is 7.11 Å². The molecule has 7 nitrogen and oxygen atoms in total. The minimum Gasteiger partial charge on any atom is -0.467 e. The molecule has 3 atom stereocenters. The second-order valence-electron chi connectivity index (χ2n) is 6.35. The summed E-state index contributed by atoms with van der Waals surface area (Å²) in [5.74, 6) is 1.23. The van der Waals surface area contributed by atoms with Crippen molar-refractivity contribution in [2.24, 2.45) is 0 Å². The van der Waals surface area contributed by atoms with Crippen molar-refractivity contribution in [2.75, 3.05) is 27.0 Å². The number of amides is 1. The van der Waals surface area contributed by atoms with Gasteiger partial charge in [-0.05, 0) is 30.5 Å². The fourth-order valence-corrected chi connectivity index (χ4v) is 3.46. The first-order valence-electron chi connectivity index (χ1n) is 8.18. The van der Waals surface area contributed by atoms with E-state index in [9.17, 15) is 9.59 Å². The van der Waals surface area contributed by atoms with Gasteiger partial charge in [-0.15, -0.1) is 0 Å². The van der Waals surface area contributed by atoms with Crippen LogP contribution in [0.15, 0.2) is 18.2 Å². The van der Waals surface area contributed by atoms with E-state index in [-0.39, 0.29) is 24.7 Å². The van der Waals surface area contributed by atoms with Crippen molar-refractivity contribution < 1.29 is 23.8 Å². The van der Waals surface area contributed by atoms with E-state index in [1.807, 2.05) is 18.2 Å². The van der Waals surface area contributed by atoms with Gasteiger partial charge in [-0.1, -0.05) is 6.07 Å². The van der Waals surface area contributed by atoms with Crippen LogP contribution in [0.5, 0.6) is 11.5 Å². The molecule has 2 unspecified atom stereocenters. The fraction of sp³-hybridized carbons (Fsp3) is 0.529. The zero-order valence-electron chi connectivity index (χ0n) is 13.6. The first-order valence-corrected chi connectivity index (χ1v) is 8.18.